The summed E-state index contributed by atoms with van der Waals surface area (Å²) in [5, 5.41) is 19.1. The van der Waals surface area contributed by atoms with Gasteiger partial charge < -0.3 is 15.1 Å². The number of hydrogen-bond acceptors (Lipinski definition) is 4. The molecule has 114 valence electrons. The Morgan fingerprint density at radius 1 is 1.29 bits per heavy atom. The van der Waals surface area contributed by atoms with Gasteiger partial charge in [-0.1, -0.05) is 18.2 Å². The molecule has 1 saturated heterocycles. The molecule has 1 aromatic rings. The number of fused-ring (bicyclic) bond motifs is 1. The number of para-hydroxylation sites is 1. The van der Waals surface area contributed by atoms with Crippen molar-refractivity contribution < 1.29 is 15.0 Å². The molecule has 2 atom stereocenters. The summed E-state index contributed by atoms with van der Waals surface area (Å²) in [6.07, 6.45) is 1.09. The standard InChI is InChI=1S/C16H22N2O3/c19-11-13-9-17(7-6-15(13)20)10-16(21)18-8-5-12-3-1-2-4-14(12)18/h1-4,13,15,19-20H,5-11H2/t13-,15-/m0/s1. The summed E-state index contributed by atoms with van der Waals surface area (Å²) in [5.41, 5.74) is 2.26. The van der Waals surface area contributed by atoms with Crippen LogP contribution in [-0.4, -0.2) is 59.9 Å². The Hall–Kier alpha value is -1.43. The highest BCUT2D eigenvalue weighted by atomic mass is 16.3. The summed E-state index contributed by atoms with van der Waals surface area (Å²) in [5.74, 6) is -0.0366. The number of anilines is 1. The molecule has 0 aliphatic carbocycles. The number of hydrogen-bond donors (Lipinski definition) is 2. The van der Waals surface area contributed by atoms with Crippen LogP contribution < -0.4 is 4.90 Å². The molecule has 0 radical (unpaired) electrons. The van der Waals surface area contributed by atoms with E-state index in [-0.39, 0.29) is 18.4 Å². The molecule has 2 aliphatic rings. The van der Waals surface area contributed by atoms with Crippen molar-refractivity contribution in [3.05, 3.63) is 29.8 Å². The van der Waals surface area contributed by atoms with E-state index in [0.29, 0.717) is 26.1 Å². The van der Waals surface area contributed by atoms with Crippen LogP contribution >= 0.6 is 0 Å². The molecule has 0 unspecified atom stereocenters. The molecule has 0 aromatic heterocycles. The minimum absolute atomic E-state index is 0.0294. The SMILES string of the molecule is O=C(CN1CC[C@H](O)[C@H](CO)C1)N1CCc2ccccc21. The smallest absolute Gasteiger partial charge is 0.241 e. The molecule has 1 aromatic carbocycles. The molecule has 1 amide bonds. The maximum atomic E-state index is 12.5. The molecule has 2 N–H and O–H groups in total. The molecule has 21 heavy (non-hydrogen) atoms. The molecule has 0 saturated carbocycles. The molecular formula is C16H22N2O3. The normalized spacial score (nSPS) is 25.9. The van der Waals surface area contributed by atoms with Gasteiger partial charge in [0.05, 0.1) is 12.6 Å². The molecule has 2 aliphatic heterocycles. The van der Waals surface area contributed by atoms with Crippen molar-refractivity contribution in [2.24, 2.45) is 5.92 Å². The van der Waals surface area contributed by atoms with Crippen molar-refractivity contribution in [3.8, 4) is 0 Å². The van der Waals surface area contributed by atoms with Crippen LogP contribution in [0, 0.1) is 5.92 Å². The van der Waals surface area contributed by atoms with E-state index >= 15 is 0 Å². The predicted octanol–water partition coefficient (Wildman–Crippen LogP) is 0.251. The number of carbonyl (C=O) groups is 1. The largest absolute Gasteiger partial charge is 0.396 e. The molecule has 2 heterocycles. The third-order valence-corrected chi connectivity index (χ3v) is 4.56. The van der Waals surface area contributed by atoms with Crippen LogP contribution in [0.25, 0.3) is 0 Å². The van der Waals surface area contributed by atoms with Crippen LogP contribution in [0.15, 0.2) is 24.3 Å². The Morgan fingerprint density at radius 2 is 2.10 bits per heavy atom. The maximum absolute atomic E-state index is 12.5. The van der Waals surface area contributed by atoms with E-state index < -0.39 is 6.10 Å². The number of piperidine rings is 1. The van der Waals surface area contributed by atoms with Crippen LogP contribution in [0.4, 0.5) is 5.69 Å². The van der Waals surface area contributed by atoms with Crippen molar-refractivity contribution in [1.29, 1.82) is 0 Å². The molecule has 5 nitrogen and oxygen atoms in total. The van der Waals surface area contributed by atoms with E-state index in [0.717, 1.165) is 18.7 Å². The number of benzene rings is 1. The number of amides is 1. The highest BCUT2D eigenvalue weighted by Crippen LogP contribution is 2.27. The van der Waals surface area contributed by atoms with E-state index in [2.05, 4.69) is 6.07 Å². The van der Waals surface area contributed by atoms with Gasteiger partial charge in [-0.15, -0.1) is 0 Å². The van der Waals surface area contributed by atoms with Gasteiger partial charge in [-0.3, -0.25) is 9.69 Å². The van der Waals surface area contributed by atoms with Crippen LogP contribution in [-0.2, 0) is 11.2 Å². The lowest BCUT2D eigenvalue weighted by atomic mass is 9.95. The monoisotopic (exact) mass is 290 g/mol. The van der Waals surface area contributed by atoms with E-state index in [1.54, 1.807) is 0 Å². The summed E-state index contributed by atoms with van der Waals surface area (Å²) >= 11 is 0. The van der Waals surface area contributed by atoms with Crippen LogP contribution in [0.5, 0.6) is 0 Å². The van der Waals surface area contributed by atoms with Crippen LogP contribution in [0.2, 0.25) is 0 Å². The van der Waals surface area contributed by atoms with E-state index in [9.17, 15) is 15.0 Å². The van der Waals surface area contributed by atoms with Crippen molar-refractivity contribution >= 4 is 11.6 Å². The average Bonchev–Trinajstić information content (AvgIpc) is 2.93. The Morgan fingerprint density at radius 3 is 2.90 bits per heavy atom. The molecular weight excluding hydrogens is 268 g/mol. The van der Waals surface area contributed by atoms with Crippen molar-refractivity contribution in [2.75, 3.05) is 37.7 Å². The van der Waals surface area contributed by atoms with Gasteiger partial charge in [0.15, 0.2) is 0 Å². The summed E-state index contributed by atoms with van der Waals surface area (Å²) in [4.78, 5) is 16.4. The minimum atomic E-state index is -0.450. The average molecular weight is 290 g/mol. The predicted molar refractivity (Wildman–Crippen MR) is 80.1 cm³/mol. The van der Waals surface area contributed by atoms with Gasteiger partial charge in [-0.2, -0.15) is 0 Å². The highest BCUT2D eigenvalue weighted by molar-refractivity contribution is 5.96. The zero-order valence-electron chi connectivity index (χ0n) is 12.1. The highest BCUT2D eigenvalue weighted by Gasteiger charge is 2.30. The van der Waals surface area contributed by atoms with Gasteiger partial charge in [0.1, 0.15) is 0 Å². The fourth-order valence-electron chi connectivity index (χ4n) is 3.29. The van der Waals surface area contributed by atoms with Crippen molar-refractivity contribution in [3.63, 3.8) is 0 Å². The Labute approximate surface area is 124 Å². The van der Waals surface area contributed by atoms with Crippen LogP contribution in [0.1, 0.15) is 12.0 Å². The second-order valence-electron chi connectivity index (χ2n) is 5.96. The summed E-state index contributed by atoms with van der Waals surface area (Å²) in [7, 11) is 0. The number of nitrogens with zero attached hydrogens (tertiary/aromatic N) is 2. The zero-order valence-corrected chi connectivity index (χ0v) is 12.1. The van der Waals surface area contributed by atoms with Crippen molar-refractivity contribution in [2.45, 2.75) is 18.9 Å². The first-order valence-corrected chi connectivity index (χ1v) is 7.58. The molecule has 5 heteroatoms. The maximum Gasteiger partial charge on any atom is 0.241 e. The topological polar surface area (TPSA) is 64.0 Å². The molecule has 0 spiro atoms. The summed E-state index contributed by atoms with van der Waals surface area (Å²) in [6, 6.07) is 8.03. The van der Waals surface area contributed by atoms with Gasteiger partial charge in [0.2, 0.25) is 5.91 Å². The first-order chi connectivity index (χ1) is 10.2. The lowest BCUT2D eigenvalue weighted by Gasteiger charge is -2.35. The first-order valence-electron chi connectivity index (χ1n) is 7.58. The quantitative estimate of drug-likeness (QED) is 0.838. The van der Waals surface area contributed by atoms with E-state index in [1.165, 1.54) is 5.56 Å². The Bertz CT molecular complexity index is 520. The molecule has 3 rings (SSSR count). The third kappa shape index (κ3) is 2.95. The third-order valence-electron chi connectivity index (χ3n) is 4.56. The summed E-state index contributed by atoms with van der Waals surface area (Å²) < 4.78 is 0. The second-order valence-corrected chi connectivity index (χ2v) is 5.96. The molecule has 0 bridgehead atoms. The fourth-order valence-corrected chi connectivity index (χ4v) is 3.29. The van der Waals surface area contributed by atoms with Gasteiger partial charge in [0.25, 0.3) is 0 Å². The van der Waals surface area contributed by atoms with Crippen LogP contribution in [0.3, 0.4) is 0 Å². The number of rotatable bonds is 3. The Kier molecular flexibility index (Phi) is 4.24. The van der Waals surface area contributed by atoms with Gasteiger partial charge in [-0.25, -0.2) is 0 Å². The second kappa shape index (κ2) is 6.13. The lowest BCUT2D eigenvalue weighted by molar-refractivity contribution is -0.120. The minimum Gasteiger partial charge on any atom is -0.396 e. The van der Waals surface area contributed by atoms with Crippen molar-refractivity contribution in [1.82, 2.24) is 4.90 Å². The molecule has 1 fully saturated rings. The van der Waals surface area contributed by atoms with Gasteiger partial charge in [0, 0.05) is 37.8 Å². The Balaban J connectivity index is 1.63. The van der Waals surface area contributed by atoms with E-state index in [1.807, 2.05) is 28.0 Å². The lowest BCUT2D eigenvalue weighted by Crippen LogP contribution is -2.48. The van der Waals surface area contributed by atoms with Gasteiger partial charge in [-0.05, 0) is 24.5 Å². The van der Waals surface area contributed by atoms with Gasteiger partial charge >= 0.3 is 0 Å². The number of carbonyl (C=O) groups excluding carboxylic acids is 1. The van der Waals surface area contributed by atoms with E-state index in [4.69, 9.17) is 0 Å². The zero-order chi connectivity index (χ0) is 14.8. The first kappa shape index (κ1) is 14.5. The summed E-state index contributed by atoms with van der Waals surface area (Å²) in [6.45, 7) is 2.37. The number of aliphatic hydroxyl groups is 2. The number of likely N-dealkylation sites (tertiary alicyclic amines) is 1. The number of aliphatic hydroxyl groups excluding tert-OH is 2. The fraction of sp³-hybridized carbons (Fsp3) is 0.562.